The van der Waals surface area contributed by atoms with E-state index in [-0.39, 0.29) is 0 Å². The second kappa shape index (κ2) is 5.02. The third-order valence-electron chi connectivity index (χ3n) is 2.86. The second-order valence-electron chi connectivity index (χ2n) is 4.66. The molecule has 0 radical (unpaired) electrons. The van der Waals surface area contributed by atoms with Crippen molar-refractivity contribution >= 4 is 15.9 Å². The first-order valence-electron chi connectivity index (χ1n) is 5.31. The summed E-state index contributed by atoms with van der Waals surface area (Å²) in [5.41, 5.74) is 1.73. The summed E-state index contributed by atoms with van der Waals surface area (Å²) in [6.45, 7) is 6.83. The van der Waals surface area contributed by atoms with E-state index in [0.717, 1.165) is 16.6 Å². The van der Waals surface area contributed by atoms with Gasteiger partial charge in [-0.15, -0.1) is 0 Å². The minimum Gasteiger partial charge on any atom is -0.496 e. The molecule has 84 valence electrons. The van der Waals surface area contributed by atoms with Gasteiger partial charge < -0.3 is 4.74 Å². The molecule has 0 aliphatic carbocycles. The summed E-state index contributed by atoms with van der Waals surface area (Å²) in [6, 6.07) is 6.31. The molecule has 0 N–H and O–H groups in total. The molecule has 0 saturated carbocycles. The Hall–Kier alpha value is -0.500. The minimum absolute atomic E-state index is 0.369. The molecule has 1 nitrogen and oxygen atoms in total. The maximum absolute atomic E-state index is 5.21. The van der Waals surface area contributed by atoms with Crippen LogP contribution in [0.3, 0.4) is 0 Å². The third-order valence-corrected chi connectivity index (χ3v) is 3.48. The Labute approximate surface area is 101 Å². The SMILES string of the molecule is CCC(C)(C)Cc1ccc(OC)c(Br)c1. The molecule has 2 heteroatoms. The average Bonchev–Trinajstić information content (AvgIpc) is 2.17. The van der Waals surface area contributed by atoms with Gasteiger partial charge in [-0.1, -0.05) is 33.3 Å². The van der Waals surface area contributed by atoms with Crippen LogP contribution in [0.2, 0.25) is 0 Å². The molecular formula is C13H19BrO. The molecule has 1 aromatic rings. The standard InChI is InChI=1S/C13H19BrO/c1-5-13(2,3)9-10-6-7-12(15-4)11(14)8-10/h6-8H,5,9H2,1-4H3. The van der Waals surface area contributed by atoms with Gasteiger partial charge in [-0.2, -0.15) is 0 Å². The van der Waals surface area contributed by atoms with Gasteiger partial charge in [0.1, 0.15) is 5.75 Å². The Balaban J connectivity index is 2.84. The lowest BCUT2D eigenvalue weighted by atomic mass is 9.83. The van der Waals surface area contributed by atoms with E-state index in [9.17, 15) is 0 Å². The summed E-state index contributed by atoms with van der Waals surface area (Å²) < 4.78 is 6.25. The molecule has 0 atom stereocenters. The van der Waals surface area contributed by atoms with Crippen molar-refractivity contribution in [2.24, 2.45) is 5.41 Å². The monoisotopic (exact) mass is 270 g/mol. The van der Waals surface area contributed by atoms with E-state index in [2.05, 4.69) is 48.8 Å². The van der Waals surface area contributed by atoms with Crippen molar-refractivity contribution in [3.8, 4) is 5.75 Å². The van der Waals surface area contributed by atoms with E-state index in [1.54, 1.807) is 7.11 Å². The number of methoxy groups -OCH3 is 1. The zero-order valence-corrected chi connectivity index (χ0v) is 11.5. The fourth-order valence-electron chi connectivity index (χ4n) is 1.50. The van der Waals surface area contributed by atoms with Gasteiger partial charge in [-0.25, -0.2) is 0 Å². The minimum atomic E-state index is 0.369. The van der Waals surface area contributed by atoms with Crippen LogP contribution in [0.25, 0.3) is 0 Å². The van der Waals surface area contributed by atoms with Gasteiger partial charge in [0.15, 0.2) is 0 Å². The van der Waals surface area contributed by atoms with Crippen LogP contribution in [0.5, 0.6) is 5.75 Å². The molecule has 0 aliphatic rings. The highest BCUT2D eigenvalue weighted by molar-refractivity contribution is 9.10. The average molecular weight is 271 g/mol. The van der Waals surface area contributed by atoms with Crippen molar-refractivity contribution in [2.45, 2.75) is 33.6 Å². The van der Waals surface area contributed by atoms with E-state index in [1.165, 1.54) is 12.0 Å². The molecule has 0 saturated heterocycles. The summed E-state index contributed by atoms with van der Waals surface area (Å²) in [4.78, 5) is 0. The lowest BCUT2D eigenvalue weighted by Crippen LogP contribution is -2.13. The highest BCUT2D eigenvalue weighted by Crippen LogP contribution is 2.30. The molecular weight excluding hydrogens is 252 g/mol. The van der Waals surface area contributed by atoms with Crippen LogP contribution in [0.1, 0.15) is 32.8 Å². The normalized spacial score (nSPS) is 11.5. The number of ether oxygens (including phenoxy) is 1. The molecule has 0 bridgehead atoms. The number of rotatable bonds is 4. The van der Waals surface area contributed by atoms with E-state index in [1.807, 2.05) is 6.07 Å². The van der Waals surface area contributed by atoms with E-state index >= 15 is 0 Å². The highest BCUT2D eigenvalue weighted by Gasteiger charge is 2.16. The number of hydrogen-bond acceptors (Lipinski definition) is 1. The zero-order valence-electron chi connectivity index (χ0n) is 9.93. The zero-order chi connectivity index (χ0) is 11.5. The van der Waals surface area contributed by atoms with Crippen molar-refractivity contribution in [3.63, 3.8) is 0 Å². The van der Waals surface area contributed by atoms with Crippen LogP contribution in [-0.2, 0) is 6.42 Å². The van der Waals surface area contributed by atoms with Gasteiger partial charge in [0.25, 0.3) is 0 Å². The van der Waals surface area contributed by atoms with Crippen molar-refractivity contribution in [2.75, 3.05) is 7.11 Å². The molecule has 1 rings (SSSR count). The Kier molecular flexibility index (Phi) is 4.21. The molecule has 0 amide bonds. The summed E-state index contributed by atoms with van der Waals surface area (Å²) in [7, 11) is 1.69. The van der Waals surface area contributed by atoms with Crippen LogP contribution in [0, 0.1) is 5.41 Å². The first-order chi connectivity index (χ1) is 6.98. The van der Waals surface area contributed by atoms with Gasteiger partial charge in [-0.05, 0) is 45.5 Å². The fraction of sp³-hybridized carbons (Fsp3) is 0.538. The lowest BCUT2D eigenvalue weighted by molar-refractivity contribution is 0.349. The van der Waals surface area contributed by atoms with Gasteiger partial charge in [-0.3, -0.25) is 0 Å². The van der Waals surface area contributed by atoms with Gasteiger partial charge >= 0.3 is 0 Å². The Bertz CT molecular complexity index is 331. The number of benzene rings is 1. The number of halogens is 1. The molecule has 0 fully saturated rings. The molecule has 1 aromatic carbocycles. The molecule has 0 unspecified atom stereocenters. The van der Waals surface area contributed by atoms with Crippen LogP contribution in [-0.4, -0.2) is 7.11 Å². The van der Waals surface area contributed by atoms with E-state index < -0.39 is 0 Å². The fourth-order valence-corrected chi connectivity index (χ4v) is 2.09. The van der Waals surface area contributed by atoms with Gasteiger partial charge in [0.2, 0.25) is 0 Å². The Morgan fingerprint density at radius 3 is 2.47 bits per heavy atom. The highest BCUT2D eigenvalue weighted by atomic mass is 79.9. The van der Waals surface area contributed by atoms with Gasteiger partial charge in [0, 0.05) is 0 Å². The summed E-state index contributed by atoms with van der Waals surface area (Å²) >= 11 is 3.51. The lowest BCUT2D eigenvalue weighted by Gasteiger charge is -2.22. The quantitative estimate of drug-likeness (QED) is 0.786. The van der Waals surface area contributed by atoms with E-state index in [0.29, 0.717) is 5.41 Å². The largest absolute Gasteiger partial charge is 0.496 e. The molecule has 0 spiro atoms. The predicted octanol–water partition coefficient (Wildman–Crippen LogP) is 4.44. The van der Waals surface area contributed by atoms with Crippen LogP contribution >= 0.6 is 15.9 Å². The maximum Gasteiger partial charge on any atom is 0.133 e. The molecule has 0 aliphatic heterocycles. The van der Waals surface area contributed by atoms with Crippen molar-refractivity contribution in [1.29, 1.82) is 0 Å². The Morgan fingerprint density at radius 2 is 2.00 bits per heavy atom. The molecule has 0 aromatic heterocycles. The van der Waals surface area contributed by atoms with E-state index in [4.69, 9.17) is 4.74 Å². The Morgan fingerprint density at radius 1 is 1.33 bits per heavy atom. The first kappa shape index (κ1) is 12.6. The van der Waals surface area contributed by atoms with Crippen LogP contribution in [0.4, 0.5) is 0 Å². The van der Waals surface area contributed by atoms with Crippen molar-refractivity contribution in [1.82, 2.24) is 0 Å². The van der Waals surface area contributed by atoms with Crippen LogP contribution < -0.4 is 4.74 Å². The summed E-state index contributed by atoms with van der Waals surface area (Å²) in [6.07, 6.45) is 2.29. The summed E-state index contributed by atoms with van der Waals surface area (Å²) in [5, 5.41) is 0. The summed E-state index contributed by atoms with van der Waals surface area (Å²) in [5.74, 6) is 0.896. The third kappa shape index (κ3) is 3.53. The van der Waals surface area contributed by atoms with Crippen LogP contribution in [0.15, 0.2) is 22.7 Å². The van der Waals surface area contributed by atoms with Crippen molar-refractivity contribution < 1.29 is 4.74 Å². The smallest absolute Gasteiger partial charge is 0.133 e. The second-order valence-corrected chi connectivity index (χ2v) is 5.52. The predicted molar refractivity (Wildman–Crippen MR) is 68.5 cm³/mol. The first-order valence-corrected chi connectivity index (χ1v) is 6.10. The maximum atomic E-state index is 5.21. The van der Waals surface area contributed by atoms with Crippen molar-refractivity contribution in [3.05, 3.63) is 28.2 Å². The molecule has 0 heterocycles. The topological polar surface area (TPSA) is 9.23 Å². The molecule has 15 heavy (non-hydrogen) atoms. The number of hydrogen-bond donors (Lipinski definition) is 0. The van der Waals surface area contributed by atoms with Gasteiger partial charge in [0.05, 0.1) is 11.6 Å².